The van der Waals surface area contributed by atoms with Crippen LogP contribution < -0.4 is 11.1 Å². The Morgan fingerprint density at radius 3 is 2.29 bits per heavy atom. The van der Waals surface area contributed by atoms with E-state index < -0.39 is 0 Å². The van der Waals surface area contributed by atoms with Gasteiger partial charge in [0.05, 0.1) is 0 Å². The van der Waals surface area contributed by atoms with Gasteiger partial charge in [-0.15, -0.1) is 0 Å². The number of benzene rings is 1. The Kier molecular flexibility index (Phi) is 2.74. The molecule has 0 spiro atoms. The van der Waals surface area contributed by atoms with E-state index in [9.17, 15) is 0 Å². The zero-order valence-electron chi connectivity index (χ0n) is 11.6. The van der Waals surface area contributed by atoms with E-state index in [0.29, 0.717) is 16.9 Å². The van der Waals surface area contributed by atoms with Crippen molar-refractivity contribution in [3.8, 4) is 0 Å². The predicted octanol–water partition coefficient (Wildman–Crippen LogP) is 3.10. The molecule has 1 aliphatic rings. The molecule has 0 aromatic heterocycles. The summed E-state index contributed by atoms with van der Waals surface area (Å²) in [6.07, 6.45) is 0. The first-order valence-corrected chi connectivity index (χ1v) is 6.35. The molecule has 0 bridgehead atoms. The minimum atomic E-state index is 0.381. The molecule has 3 N–H and O–H groups in total. The van der Waals surface area contributed by atoms with Crippen LogP contribution in [-0.4, -0.2) is 6.04 Å². The van der Waals surface area contributed by atoms with Gasteiger partial charge in [-0.1, -0.05) is 45.4 Å². The highest BCUT2D eigenvalue weighted by molar-refractivity contribution is 5.48. The summed E-state index contributed by atoms with van der Waals surface area (Å²) in [5, 5.41) is 3.64. The van der Waals surface area contributed by atoms with Crippen molar-refractivity contribution in [1.82, 2.24) is 5.32 Å². The molecule has 2 nitrogen and oxygen atoms in total. The van der Waals surface area contributed by atoms with Crippen LogP contribution in [0.15, 0.2) is 18.2 Å². The Balaban J connectivity index is 2.03. The molecule has 1 saturated carbocycles. The van der Waals surface area contributed by atoms with E-state index in [0.717, 1.165) is 12.2 Å². The average molecular weight is 232 g/mol. The van der Waals surface area contributed by atoms with Gasteiger partial charge in [0.2, 0.25) is 0 Å². The van der Waals surface area contributed by atoms with E-state index in [-0.39, 0.29) is 0 Å². The first-order valence-electron chi connectivity index (χ1n) is 6.35. The highest BCUT2D eigenvalue weighted by atomic mass is 15.0. The predicted molar refractivity (Wildman–Crippen MR) is 73.8 cm³/mol. The molecule has 0 radical (unpaired) electrons. The number of nitrogens with two attached hydrogens (primary N) is 1. The number of nitrogen functional groups attached to an aromatic ring is 1. The topological polar surface area (TPSA) is 38.0 Å². The Morgan fingerprint density at radius 2 is 1.76 bits per heavy atom. The normalized spacial score (nSPS) is 21.5. The lowest BCUT2D eigenvalue weighted by atomic mass is 10.0. The van der Waals surface area contributed by atoms with Crippen molar-refractivity contribution in [2.45, 2.75) is 47.2 Å². The van der Waals surface area contributed by atoms with Gasteiger partial charge < -0.3 is 11.1 Å². The summed E-state index contributed by atoms with van der Waals surface area (Å²) in [5.74, 6) is 0. The van der Waals surface area contributed by atoms with Crippen molar-refractivity contribution >= 4 is 5.69 Å². The van der Waals surface area contributed by atoms with Crippen LogP contribution in [0.2, 0.25) is 0 Å². The molecular weight excluding hydrogens is 208 g/mol. The Labute approximate surface area is 105 Å². The van der Waals surface area contributed by atoms with Crippen LogP contribution in [0.5, 0.6) is 0 Å². The highest BCUT2D eigenvalue weighted by Crippen LogP contribution is 2.62. The van der Waals surface area contributed by atoms with Crippen molar-refractivity contribution < 1.29 is 0 Å². The smallest absolute Gasteiger partial charge is 0.0359 e. The van der Waals surface area contributed by atoms with Crippen LogP contribution in [-0.2, 0) is 6.54 Å². The van der Waals surface area contributed by atoms with Crippen LogP contribution in [0.4, 0.5) is 5.69 Å². The van der Waals surface area contributed by atoms with E-state index in [1.165, 1.54) is 11.1 Å². The van der Waals surface area contributed by atoms with Crippen molar-refractivity contribution in [2.24, 2.45) is 10.8 Å². The van der Waals surface area contributed by atoms with Crippen LogP contribution in [0.3, 0.4) is 0 Å². The number of nitrogens with one attached hydrogen (secondary N) is 1. The molecule has 17 heavy (non-hydrogen) atoms. The van der Waals surface area contributed by atoms with E-state index in [4.69, 9.17) is 5.73 Å². The first-order chi connectivity index (χ1) is 7.76. The van der Waals surface area contributed by atoms with Gasteiger partial charge in [-0.05, 0) is 29.4 Å². The van der Waals surface area contributed by atoms with Gasteiger partial charge in [-0.2, -0.15) is 0 Å². The fraction of sp³-hybridized carbons (Fsp3) is 0.600. The van der Waals surface area contributed by atoms with Crippen LogP contribution >= 0.6 is 0 Å². The molecule has 1 aromatic rings. The largest absolute Gasteiger partial charge is 0.398 e. The van der Waals surface area contributed by atoms with Crippen molar-refractivity contribution in [3.63, 3.8) is 0 Å². The van der Waals surface area contributed by atoms with Gasteiger partial charge >= 0.3 is 0 Å². The van der Waals surface area contributed by atoms with E-state index in [1.54, 1.807) is 0 Å². The summed E-state index contributed by atoms with van der Waals surface area (Å²) in [4.78, 5) is 0. The standard InChI is InChI=1S/C15H24N2/c1-10-6-7-12(16)11(8-10)9-17-13-14(2,3)15(13,4)5/h6-8,13,17H,9,16H2,1-5H3. The molecule has 2 rings (SSSR count). The van der Waals surface area contributed by atoms with E-state index in [1.807, 2.05) is 6.07 Å². The van der Waals surface area contributed by atoms with Crippen molar-refractivity contribution in [2.75, 3.05) is 5.73 Å². The second-order valence-electron chi connectivity index (χ2n) is 6.46. The zero-order chi connectivity index (χ0) is 12.8. The number of anilines is 1. The number of rotatable bonds is 3. The molecule has 0 aliphatic heterocycles. The molecule has 0 amide bonds. The fourth-order valence-corrected chi connectivity index (χ4v) is 2.81. The maximum absolute atomic E-state index is 5.99. The lowest BCUT2D eigenvalue weighted by Crippen LogP contribution is -2.22. The highest BCUT2D eigenvalue weighted by Gasteiger charge is 2.64. The molecule has 0 unspecified atom stereocenters. The third kappa shape index (κ3) is 1.95. The lowest BCUT2D eigenvalue weighted by molar-refractivity contribution is 0.457. The molecule has 0 heterocycles. The third-order valence-corrected chi connectivity index (χ3v) is 4.82. The minimum absolute atomic E-state index is 0.381. The molecule has 0 saturated heterocycles. The third-order valence-electron chi connectivity index (χ3n) is 4.82. The molecule has 0 atom stereocenters. The Morgan fingerprint density at radius 1 is 1.18 bits per heavy atom. The SMILES string of the molecule is Cc1ccc(N)c(CNC2C(C)(C)C2(C)C)c1. The molecule has 1 fully saturated rings. The number of hydrogen-bond acceptors (Lipinski definition) is 2. The van der Waals surface area contributed by atoms with Gasteiger partial charge in [0.25, 0.3) is 0 Å². The average Bonchev–Trinajstić information content (AvgIpc) is 2.60. The Hall–Kier alpha value is -1.02. The fourth-order valence-electron chi connectivity index (χ4n) is 2.81. The van der Waals surface area contributed by atoms with Crippen LogP contribution in [0, 0.1) is 17.8 Å². The monoisotopic (exact) mass is 232 g/mol. The molecular formula is C15H24N2. The maximum Gasteiger partial charge on any atom is 0.0359 e. The van der Waals surface area contributed by atoms with Crippen LogP contribution in [0.25, 0.3) is 0 Å². The second kappa shape index (κ2) is 3.74. The van der Waals surface area contributed by atoms with E-state index >= 15 is 0 Å². The van der Waals surface area contributed by atoms with Crippen LogP contribution in [0.1, 0.15) is 38.8 Å². The molecule has 94 valence electrons. The van der Waals surface area contributed by atoms with Gasteiger partial charge in [0, 0.05) is 18.3 Å². The first kappa shape index (κ1) is 12.4. The second-order valence-corrected chi connectivity index (χ2v) is 6.46. The Bertz CT molecular complexity index is 419. The summed E-state index contributed by atoms with van der Waals surface area (Å²) in [6, 6.07) is 6.80. The summed E-state index contributed by atoms with van der Waals surface area (Å²) < 4.78 is 0. The number of hydrogen-bond donors (Lipinski definition) is 2. The quantitative estimate of drug-likeness (QED) is 0.786. The molecule has 1 aliphatic carbocycles. The molecule has 2 heteroatoms. The summed E-state index contributed by atoms with van der Waals surface area (Å²) >= 11 is 0. The zero-order valence-corrected chi connectivity index (χ0v) is 11.6. The summed E-state index contributed by atoms with van der Waals surface area (Å²) in [5.41, 5.74) is 10.1. The van der Waals surface area contributed by atoms with Crippen molar-refractivity contribution in [3.05, 3.63) is 29.3 Å². The maximum atomic E-state index is 5.99. The van der Waals surface area contributed by atoms with Gasteiger partial charge in [0.1, 0.15) is 0 Å². The van der Waals surface area contributed by atoms with E-state index in [2.05, 4.69) is 52.1 Å². The lowest BCUT2D eigenvalue weighted by Gasteiger charge is -2.10. The summed E-state index contributed by atoms with van der Waals surface area (Å²) in [6.45, 7) is 12.3. The van der Waals surface area contributed by atoms with Crippen molar-refractivity contribution in [1.29, 1.82) is 0 Å². The summed E-state index contributed by atoms with van der Waals surface area (Å²) in [7, 11) is 0. The van der Waals surface area contributed by atoms with Gasteiger partial charge in [-0.25, -0.2) is 0 Å². The molecule has 1 aromatic carbocycles. The number of aryl methyl sites for hydroxylation is 1. The minimum Gasteiger partial charge on any atom is -0.398 e. The van der Waals surface area contributed by atoms with Gasteiger partial charge in [0.15, 0.2) is 0 Å². The van der Waals surface area contributed by atoms with Gasteiger partial charge in [-0.3, -0.25) is 0 Å².